The van der Waals surface area contributed by atoms with E-state index in [-0.39, 0.29) is 0 Å². The van der Waals surface area contributed by atoms with E-state index < -0.39 is 0 Å². The average molecular weight is 247 g/mol. The lowest BCUT2D eigenvalue weighted by molar-refractivity contribution is 0.330. The monoisotopic (exact) mass is 247 g/mol. The predicted octanol–water partition coefficient (Wildman–Crippen LogP) is 4.39. The van der Waals surface area contributed by atoms with Crippen molar-refractivity contribution in [3.63, 3.8) is 0 Å². The molecule has 1 aromatic rings. The first-order valence-corrected chi connectivity index (χ1v) is 7.17. The number of benzene rings is 1. The Labute approximate surface area is 110 Å². The summed E-state index contributed by atoms with van der Waals surface area (Å²) in [5.74, 6) is 1.36. The molecule has 0 atom stereocenters. The third-order valence-corrected chi connectivity index (χ3v) is 4.42. The van der Waals surface area contributed by atoms with E-state index in [1.807, 2.05) is 19.9 Å². The van der Waals surface area contributed by atoms with Gasteiger partial charge in [-0.25, -0.2) is 0 Å². The van der Waals surface area contributed by atoms with Gasteiger partial charge in [0.1, 0.15) is 5.75 Å². The lowest BCUT2D eigenvalue weighted by Crippen LogP contribution is -2.26. The molecular formula is C16H25NO. The minimum Gasteiger partial charge on any atom is -0.507 e. The van der Waals surface area contributed by atoms with Gasteiger partial charge >= 0.3 is 0 Å². The smallest absolute Gasteiger partial charge is 0.123 e. The average Bonchev–Trinajstić information content (AvgIpc) is 2.40. The summed E-state index contributed by atoms with van der Waals surface area (Å²) in [7, 11) is 0. The molecule has 2 heteroatoms. The number of aryl methyl sites for hydroxylation is 1. The maximum atomic E-state index is 9.96. The van der Waals surface area contributed by atoms with Crippen LogP contribution in [0.15, 0.2) is 12.1 Å². The Morgan fingerprint density at radius 3 is 2.44 bits per heavy atom. The number of aromatic hydroxyl groups is 1. The van der Waals surface area contributed by atoms with Crippen LogP contribution in [0.2, 0.25) is 0 Å². The fraction of sp³-hybridized carbons (Fsp3) is 0.625. The van der Waals surface area contributed by atoms with E-state index in [0.717, 1.165) is 22.7 Å². The molecule has 100 valence electrons. The molecule has 0 saturated heterocycles. The zero-order valence-corrected chi connectivity index (χ0v) is 11.8. The SMILES string of the molecule is CCC1CCC(Nc2ccc(C)c(O)c2C)CC1. The van der Waals surface area contributed by atoms with Gasteiger partial charge in [-0.2, -0.15) is 0 Å². The number of nitrogens with one attached hydrogen (secondary N) is 1. The first-order valence-electron chi connectivity index (χ1n) is 7.17. The van der Waals surface area contributed by atoms with Crippen molar-refractivity contribution in [3.05, 3.63) is 23.3 Å². The van der Waals surface area contributed by atoms with Gasteiger partial charge < -0.3 is 10.4 Å². The van der Waals surface area contributed by atoms with Crippen LogP contribution in [-0.4, -0.2) is 11.1 Å². The van der Waals surface area contributed by atoms with Gasteiger partial charge in [0, 0.05) is 17.3 Å². The Kier molecular flexibility index (Phi) is 4.15. The molecule has 1 aliphatic carbocycles. The molecule has 0 unspecified atom stereocenters. The summed E-state index contributed by atoms with van der Waals surface area (Å²) < 4.78 is 0. The highest BCUT2D eigenvalue weighted by Crippen LogP contribution is 2.32. The van der Waals surface area contributed by atoms with E-state index in [9.17, 15) is 5.11 Å². The quantitative estimate of drug-likeness (QED) is 0.830. The number of hydrogen-bond acceptors (Lipinski definition) is 2. The molecule has 0 aromatic heterocycles. The number of phenolic OH excluding ortho intramolecular Hbond substituents is 1. The molecule has 1 saturated carbocycles. The lowest BCUT2D eigenvalue weighted by atomic mass is 9.84. The molecule has 1 aromatic carbocycles. The van der Waals surface area contributed by atoms with Crippen molar-refractivity contribution in [2.45, 2.75) is 58.9 Å². The molecule has 1 aliphatic rings. The van der Waals surface area contributed by atoms with Crippen LogP contribution < -0.4 is 5.32 Å². The first-order chi connectivity index (χ1) is 8.61. The maximum Gasteiger partial charge on any atom is 0.123 e. The second-order valence-corrected chi connectivity index (χ2v) is 5.67. The second kappa shape index (κ2) is 5.64. The zero-order valence-electron chi connectivity index (χ0n) is 11.8. The lowest BCUT2D eigenvalue weighted by Gasteiger charge is -2.29. The van der Waals surface area contributed by atoms with Crippen LogP contribution in [0.1, 0.15) is 50.2 Å². The molecule has 2 nitrogen and oxygen atoms in total. The van der Waals surface area contributed by atoms with Crippen LogP contribution >= 0.6 is 0 Å². The van der Waals surface area contributed by atoms with E-state index in [1.54, 1.807) is 0 Å². The maximum absolute atomic E-state index is 9.96. The zero-order chi connectivity index (χ0) is 13.1. The molecule has 0 bridgehead atoms. The number of phenols is 1. The molecule has 2 rings (SSSR count). The van der Waals surface area contributed by atoms with Crippen LogP contribution in [0, 0.1) is 19.8 Å². The van der Waals surface area contributed by atoms with Crippen LogP contribution in [-0.2, 0) is 0 Å². The van der Waals surface area contributed by atoms with Crippen molar-refractivity contribution in [1.29, 1.82) is 0 Å². The van der Waals surface area contributed by atoms with Gasteiger partial charge in [-0.05, 0) is 57.1 Å². The van der Waals surface area contributed by atoms with E-state index >= 15 is 0 Å². The third kappa shape index (κ3) is 2.80. The summed E-state index contributed by atoms with van der Waals surface area (Å²) in [6.45, 7) is 6.22. The third-order valence-electron chi connectivity index (χ3n) is 4.42. The van der Waals surface area contributed by atoms with Gasteiger partial charge in [0.15, 0.2) is 0 Å². The molecule has 0 heterocycles. The summed E-state index contributed by atoms with van der Waals surface area (Å²) in [5.41, 5.74) is 3.03. The van der Waals surface area contributed by atoms with E-state index in [4.69, 9.17) is 0 Å². The normalized spacial score (nSPS) is 23.9. The van der Waals surface area contributed by atoms with Gasteiger partial charge in [-0.15, -0.1) is 0 Å². The standard InChI is InChI=1S/C16H25NO/c1-4-13-6-8-14(9-7-13)17-15-10-5-11(2)16(18)12(15)3/h5,10,13-14,17-18H,4,6-9H2,1-3H3. The summed E-state index contributed by atoms with van der Waals surface area (Å²) in [5, 5.41) is 13.6. The minimum atomic E-state index is 0.433. The van der Waals surface area contributed by atoms with E-state index in [1.165, 1.54) is 32.1 Å². The van der Waals surface area contributed by atoms with E-state index in [2.05, 4.69) is 18.3 Å². The number of hydrogen-bond donors (Lipinski definition) is 2. The molecule has 18 heavy (non-hydrogen) atoms. The molecule has 2 N–H and O–H groups in total. The number of rotatable bonds is 3. The van der Waals surface area contributed by atoms with Crippen LogP contribution in [0.5, 0.6) is 5.75 Å². The fourth-order valence-corrected chi connectivity index (χ4v) is 2.93. The first kappa shape index (κ1) is 13.3. The van der Waals surface area contributed by atoms with Gasteiger partial charge in [0.2, 0.25) is 0 Å². The van der Waals surface area contributed by atoms with Crippen molar-refractivity contribution in [1.82, 2.24) is 0 Å². The molecule has 0 radical (unpaired) electrons. The summed E-state index contributed by atoms with van der Waals surface area (Å²) in [6, 6.07) is 4.66. The van der Waals surface area contributed by atoms with Crippen molar-refractivity contribution in [2.75, 3.05) is 5.32 Å². The largest absolute Gasteiger partial charge is 0.507 e. The van der Waals surface area contributed by atoms with Gasteiger partial charge in [-0.3, -0.25) is 0 Å². The summed E-state index contributed by atoms with van der Waals surface area (Å²) in [4.78, 5) is 0. The Balaban J connectivity index is 2.00. The van der Waals surface area contributed by atoms with Gasteiger partial charge in [-0.1, -0.05) is 19.4 Å². The van der Waals surface area contributed by atoms with E-state index in [0.29, 0.717) is 11.8 Å². The topological polar surface area (TPSA) is 32.3 Å². The molecule has 1 fully saturated rings. The van der Waals surface area contributed by atoms with Gasteiger partial charge in [0.05, 0.1) is 0 Å². The molecule has 0 aliphatic heterocycles. The second-order valence-electron chi connectivity index (χ2n) is 5.67. The highest BCUT2D eigenvalue weighted by Gasteiger charge is 2.20. The van der Waals surface area contributed by atoms with Crippen LogP contribution in [0.25, 0.3) is 0 Å². The van der Waals surface area contributed by atoms with Crippen LogP contribution in [0.4, 0.5) is 5.69 Å². The molecule has 0 spiro atoms. The van der Waals surface area contributed by atoms with Crippen molar-refractivity contribution in [3.8, 4) is 5.75 Å². The molecule has 0 amide bonds. The Morgan fingerprint density at radius 1 is 1.17 bits per heavy atom. The highest BCUT2D eigenvalue weighted by molar-refractivity contribution is 5.59. The fourth-order valence-electron chi connectivity index (χ4n) is 2.93. The predicted molar refractivity (Wildman–Crippen MR) is 77.2 cm³/mol. The summed E-state index contributed by atoms with van der Waals surface area (Å²) in [6.07, 6.45) is 6.51. The Hall–Kier alpha value is -1.18. The van der Waals surface area contributed by atoms with Crippen molar-refractivity contribution >= 4 is 5.69 Å². The van der Waals surface area contributed by atoms with Gasteiger partial charge in [0.25, 0.3) is 0 Å². The highest BCUT2D eigenvalue weighted by atomic mass is 16.3. The van der Waals surface area contributed by atoms with Crippen molar-refractivity contribution < 1.29 is 5.11 Å². The van der Waals surface area contributed by atoms with Crippen LogP contribution in [0.3, 0.4) is 0 Å². The van der Waals surface area contributed by atoms with Crippen molar-refractivity contribution in [2.24, 2.45) is 5.92 Å². The molecular weight excluding hydrogens is 222 g/mol. The Morgan fingerprint density at radius 2 is 1.83 bits per heavy atom. The Bertz CT molecular complexity index is 406. The summed E-state index contributed by atoms with van der Waals surface area (Å²) >= 11 is 0. The number of anilines is 1. The minimum absolute atomic E-state index is 0.433.